The van der Waals surface area contributed by atoms with E-state index in [1.165, 1.54) is 17.7 Å². The van der Waals surface area contributed by atoms with Crippen LogP contribution in [0.1, 0.15) is 27.0 Å². The van der Waals surface area contributed by atoms with Crippen molar-refractivity contribution in [3.8, 4) is 5.75 Å². The minimum Gasteiger partial charge on any atom is -0.482 e. The van der Waals surface area contributed by atoms with Gasteiger partial charge in [0.2, 0.25) is 0 Å². The maximum Gasteiger partial charge on any atom is 0.265 e. The van der Waals surface area contributed by atoms with E-state index in [4.69, 9.17) is 4.74 Å². The lowest BCUT2D eigenvalue weighted by Crippen LogP contribution is -2.39. The predicted octanol–water partition coefficient (Wildman–Crippen LogP) is 3.95. The van der Waals surface area contributed by atoms with Gasteiger partial charge >= 0.3 is 0 Å². The van der Waals surface area contributed by atoms with Crippen molar-refractivity contribution in [2.24, 2.45) is 0 Å². The topological polar surface area (TPSA) is 49.9 Å². The molecule has 5 rings (SSSR count). The first-order valence-electron chi connectivity index (χ1n) is 10.3. The van der Waals surface area contributed by atoms with Gasteiger partial charge in [0.05, 0.1) is 12.2 Å². The molecule has 0 N–H and O–H groups in total. The fraction of sp³-hybridized carbons (Fsp3) is 0.200. The Morgan fingerprint density at radius 3 is 2.58 bits per heavy atom. The summed E-state index contributed by atoms with van der Waals surface area (Å²) in [6.07, 6.45) is 0.825. The lowest BCUT2D eigenvalue weighted by atomic mass is 9.99. The van der Waals surface area contributed by atoms with Crippen molar-refractivity contribution in [2.75, 3.05) is 18.1 Å². The Morgan fingerprint density at radius 2 is 1.77 bits per heavy atom. The maximum absolute atomic E-state index is 13.2. The largest absolute Gasteiger partial charge is 0.482 e. The number of hydrogen-bond donors (Lipinski definition) is 0. The van der Waals surface area contributed by atoms with Crippen LogP contribution in [0.25, 0.3) is 0 Å². The van der Waals surface area contributed by atoms with Gasteiger partial charge < -0.3 is 14.5 Å². The van der Waals surface area contributed by atoms with E-state index in [0.717, 1.165) is 17.5 Å². The Morgan fingerprint density at radius 1 is 1.00 bits per heavy atom. The summed E-state index contributed by atoms with van der Waals surface area (Å²) < 4.78 is 18.8. The molecule has 0 saturated carbocycles. The summed E-state index contributed by atoms with van der Waals surface area (Å²) in [7, 11) is 0. The molecule has 2 aliphatic heterocycles. The van der Waals surface area contributed by atoms with Gasteiger partial charge in [-0.15, -0.1) is 0 Å². The fourth-order valence-electron chi connectivity index (χ4n) is 4.13. The molecular weight excluding hydrogens is 395 g/mol. The first-order valence-corrected chi connectivity index (χ1v) is 10.3. The number of hydrogen-bond acceptors (Lipinski definition) is 3. The van der Waals surface area contributed by atoms with E-state index in [9.17, 15) is 14.0 Å². The maximum atomic E-state index is 13.2. The number of anilines is 1. The molecule has 0 aromatic heterocycles. The number of carbonyl (C=O) groups excluding carboxylic acids is 2. The smallest absolute Gasteiger partial charge is 0.265 e. The molecule has 0 radical (unpaired) electrons. The molecule has 2 heterocycles. The molecule has 5 nitrogen and oxygen atoms in total. The van der Waals surface area contributed by atoms with Crippen molar-refractivity contribution in [1.82, 2.24) is 4.90 Å². The van der Waals surface area contributed by atoms with Crippen LogP contribution in [-0.4, -0.2) is 29.9 Å². The standard InChI is InChI=1S/C25H21FN2O3/c26-21-8-5-17(6-9-21)14-28-22-13-19(7-10-23(22)31-16-24(28)29)25(30)27-12-11-18-3-1-2-4-20(18)15-27/h1-10,13H,11-12,14-16H2. The van der Waals surface area contributed by atoms with Crippen LogP contribution in [0.3, 0.4) is 0 Å². The highest BCUT2D eigenvalue weighted by atomic mass is 19.1. The summed E-state index contributed by atoms with van der Waals surface area (Å²) in [5.41, 5.74) is 4.31. The number of amides is 2. The Bertz CT molecular complexity index is 1160. The normalized spacial score (nSPS) is 15.2. The van der Waals surface area contributed by atoms with Gasteiger partial charge in [-0.3, -0.25) is 9.59 Å². The van der Waals surface area contributed by atoms with Crippen LogP contribution in [0.15, 0.2) is 66.7 Å². The lowest BCUT2D eigenvalue weighted by Gasteiger charge is -2.31. The van der Waals surface area contributed by atoms with E-state index in [1.807, 2.05) is 17.0 Å². The summed E-state index contributed by atoms with van der Waals surface area (Å²) in [5, 5.41) is 0. The zero-order valence-corrected chi connectivity index (χ0v) is 16.9. The fourth-order valence-corrected chi connectivity index (χ4v) is 4.13. The second kappa shape index (κ2) is 7.87. The van der Waals surface area contributed by atoms with Crippen LogP contribution in [0.4, 0.5) is 10.1 Å². The molecule has 0 saturated heterocycles. The van der Waals surface area contributed by atoms with Crippen LogP contribution in [0, 0.1) is 5.82 Å². The molecule has 0 bridgehead atoms. The lowest BCUT2D eigenvalue weighted by molar-refractivity contribution is -0.121. The van der Waals surface area contributed by atoms with Crippen molar-refractivity contribution in [2.45, 2.75) is 19.5 Å². The molecule has 2 amide bonds. The van der Waals surface area contributed by atoms with E-state index >= 15 is 0 Å². The molecule has 3 aromatic rings. The molecule has 0 atom stereocenters. The van der Waals surface area contributed by atoms with Crippen molar-refractivity contribution < 1.29 is 18.7 Å². The van der Waals surface area contributed by atoms with Crippen LogP contribution in [0.2, 0.25) is 0 Å². The van der Waals surface area contributed by atoms with E-state index in [-0.39, 0.29) is 30.8 Å². The van der Waals surface area contributed by atoms with Crippen molar-refractivity contribution >= 4 is 17.5 Å². The third-order valence-electron chi connectivity index (χ3n) is 5.82. The van der Waals surface area contributed by atoms with Crippen LogP contribution >= 0.6 is 0 Å². The van der Waals surface area contributed by atoms with E-state index in [1.54, 1.807) is 35.2 Å². The van der Waals surface area contributed by atoms with Gasteiger partial charge in [0.1, 0.15) is 11.6 Å². The molecule has 3 aromatic carbocycles. The number of benzene rings is 3. The SMILES string of the molecule is O=C(c1ccc2c(c1)N(Cc1ccc(F)cc1)C(=O)CO2)N1CCc2ccccc2C1. The van der Waals surface area contributed by atoms with Crippen molar-refractivity contribution in [1.29, 1.82) is 0 Å². The van der Waals surface area contributed by atoms with Gasteiger partial charge in [-0.25, -0.2) is 4.39 Å². The van der Waals surface area contributed by atoms with Gasteiger partial charge in [-0.1, -0.05) is 36.4 Å². The van der Waals surface area contributed by atoms with Gasteiger partial charge in [-0.05, 0) is 53.4 Å². The molecule has 156 valence electrons. The molecule has 0 fully saturated rings. The molecule has 0 unspecified atom stereocenters. The first kappa shape index (κ1) is 19.3. The average molecular weight is 416 g/mol. The number of halogens is 1. The first-order chi connectivity index (χ1) is 15.1. The molecule has 0 aliphatic carbocycles. The molecular formula is C25H21FN2O3. The van der Waals surface area contributed by atoms with Gasteiger partial charge in [0.25, 0.3) is 11.8 Å². The highest BCUT2D eigenvalue weighted by Gasteiger charge is 2.28. The number of carbonyl (C=O) groups is 2. The van der Waals surface area contributed by atoms with Crippen LogP contribution < -0.4 is 9.64 Å². The third kappa shape index (κ3) is 3.77. The zero-order chi connectivity index (χ0) is 21.4. The van der Waals surface area contributed by atoms with Gasteiger partial charge in [-0.2, -0.15) is 0 Å². The summed E-state index contributed by atoms with van der Waals surface area (Å²) in [6.45, 7) is 1.44. The monoisotopic (exact) mass is 416 g/mol. The minimum absolute atomic E-state index is 0.0651. The average Bonchev–Trinajstić information content (AvgIpc) is 2.81. The molecule has 2 aliphatic rings. The Labute approximate surface area is 179 Å². The third-order valence-corrected chi connectivity index (χ3v) is 5.82. The molecule has 31 heavy (non-hydrogen) atoms. The molecule has 0 spiro atoms. The number of fused-ring (bicyclic) bond motifs is 2. The quantitative estimate of drug-likeness (QED) is 0.650. The van der Waals surface area contributed by atoms with E-state index in [0.29, 0.717) is 30.1 Å². The van der Waals surface area contributed by atoms with Gasteiger partial charge in [0.15, 0.2) is 6.61 Å². The van der Waals surface area contributed by atoms with Gasteiger partial charge in [0, 0.05) is 18.7 Å². The predicted molar refractivity (Wildman–Crippen MR) is 114 cm³/mol. The number of nitrogens with zero attached hydrogens (tertiary/aromatic N) is 2. The van der Waals surface area contributed by atoms with Crippen LogP contribution in [-0.2, 0) is 24.3 Å². The van der Waals surface area contributed by atoms with E-state index in [2.05, 4.69) is 12.1 Å². The summed E-state index contributed by atoms with van der Waals surface area (Å²) in [6, 6.07) is 19.4. The summed E-state index contributed by atoms with van der Waals surface area (Å²) >= 11 is 0. The highest BCUT2D eigenvalue weighted by Crippen LogP contribution is 2.34. The minimum atomic E-state index is -0.326. The van der Waals surface area contributed by atoms with Crippen molar-refractivity contribution in [3.63, 3.8) is 0 Å². The Hall–Kier alpha value is -3.67. The second-order valence-corrected chi connectivity index (χ2v) is 7.82. The summed E-state index contributed by atoms with van der Waals surface area (Å²) in [5.74, 6) is -0.0407. The van der Waals surface area contributed by atoms with Crippen molar-refractivity contribution in [3.05, 3.63) is 94.8 Å². The number of ether oxygens (including phenoxy) is 1. The number of rotatable bonds is 3. The summed E-state index contributed by atoms with van der Waals surface area (Å²) in [4.78, 5) is 29.2. The van der Waals surface area contributed by atoms with E-state index < -0.39 is 0 Å². The Balaban J connectivity index is 1.42. The Kier molecular flexibility index (Phi) is 4.90. The highest BCUT2D eigenvalue weighted by molar-refractivity contribution is 6.01. The zero-order valence-electron chi connectivity index (χ0n) is 16.9. The molecule has 6 heteroatoms. The second-order valence-electron chi connectivity index (χ2n) is 7.82. The van der Waals surface area contributed by atoms with Crippen LogP contribution in [0.5, 0.6) is 5.75 Å².